The maximum absolute atomic E-state index is 12.2. The SMILES string of the molecule is CC(=NNC(=O)c1ccc(N)cc1)c1ccc2c(c1)Nc1ccccc1S2. The van der Waals surface area contributed by atoms with Gasteiger partial charge < -0.3 is 11.1 Å². The summed E-state index contributed by atoms with van der Waals surface area (Å²) in [6.45, 7) is 1.87. The molecule has 1 aliphatic rings. The highest BCUT2D eigenvalue weighted by Gasteiger charge is 2.16. The maximum atomic E-state index is 12.2. The number of anilines is 3. The zero-order chi connectivity index (χ0) is 18.8. The summed E-state index contributed by atoms with van der Waals surface area (Å²) in [4.78, 5) is 14.6. The minimum atomic E-state index is -0.269. The molecule has 4 rings (SSSR count). The number of nitrogens with zero attached hydrogens (tertiary/aromatic N) is 1. The average Bonchev–Trinajstić information content (AvgIpc) is 2.70. The molecule has 0 aromatic heterocycles. The lowest BCUT2D eigenvalue weighted by Gasteiger charge is -2.21. The van der Waals surface area contributed by atoms with Crippen LogP contribution in [0.1, 0.15) is 22.8 Å². The summed E-state index contributed by atoms with van der Waals surface area (Å²) in [5, 5.41) is 7.69. The Kier molecular flexibility index (Phi) is 4.56. The summed E-state index contributed by atoms with van der Waals surface area (Å²) in [5.41, 5.74) is 13.2. The number of para-hydroxylation sites is 1. The molecule has 0 radical (unpaired) electrons. The van der Waals surface area contributed by atoms with Gasteiger partial charge in [-0.25, -0.2) is 5.43 Å². The first-order valence-corrected chi connectivity index (χ1v) is 9.30. The van der Waals surface area contributed by atoms with E-state index >= 15 is 0 Å². The monoisotopic (exact) mass is 374 g/mol. The minimum absolute atomic E-state index is 0.269. The topological polar surface area (TPSA) is 79.5 Å². The number of hydrogen-bond donors (Lipinski definition) is 3. The summed E-state index contributed by atoms with van der Waals surface area (Å²) in [6.07, 6.45) is 0. The molecular formula is C21H18N4OS. The zero-order valence-electron chi connectivity index (χ0n) is 14.7. The molecule has 3 aromatic carbocycles. The minimum Gasteiger partial charge on any atom is -0.399 e. The third-order valence-corrected chi connectivity index (χ3v) is 5.42. The van der Waals surface area contributed by atoms with Crippen molar-refractivity contribution >= 4 is 40.4 Å². The molecule has 134 valence electrons. The maximum Gasteiger partial charge on any atom is 0.271 e. The van der Waals surface area contributed by atoms with Crippen LogP contribution in [0.25, 0.3) is 0 Å². The molecule has 0 unspecified atom stereocenters. The molecule has 0 spiro atoms. The Bertz CT molecular complexity index is 1040. The second kappa shape index (κ2) is 7.17. The van der Waals surface area contributed by atoms with E-state index < -0.39 is 0 Å². The summed E-state index contributed by atoms with van der Waals surface area (Å²) in [7, 11) is 0. The van der Waals surface area contributed by atoms with Crippen LogP contribution in [0.5, 0.6) is 0 Å². The lowest BCUT2D eigenvalue weighted by molar-refractivity contribution is 0.0955. The Morgan fingerprint density at radius 2 is 1.67 bits per heavy atom. The number of hydrogen-bond acceptors (Lipinski definition) is 5. The normalized spacial score (nSPS) is 12.6. The molecule has 6 heteroatoms. The molecule has 0 saturated carbocycles. The highest BCUT2D eigenvalue weighted by molar-refractivity contribution is 7.99. The first kappa shape index (κ1) is 17.2. The number of nitrogen functional groups attached to an aromatic ring is 1. The standard InChI is InChI=1S/C21H18N4OS/c1-13(24-25-21(26)14-6-9-16(22)10-7-14)15-8-11-20-18(12-15)23-17-4-2-3-5-19(17)27-20/h2-12,23H,22H2,1H3,(H,25,26). The molecule has 3 aromatic rings. The predicted octanol–water partition coefficient (Wildman–Crippen LogP) is 4.63. The van der Waals surface area contributed by atoms with Gasteiger partial charge in [0.25, 0.3) is 5.91 Å². The second-order valence-electron chi connectivity index (χ2n) is 6.19. The van der Waals surface area contributed by atoms with Crippen molar-refractivity contribution < 1.29 is 4.79 Å². The lowest BCUT2D eigenvalue weighted by Crippen LogP contribution is -2.19. The molecule has 0 aliphatic carbocycles. The van der Waals surface area contributed by atoms with Crippen LogP contribution in [0.15, 0.2) is 81.6 Å². The fraction of sp³-hybridized carbons (Fsp3) is 0.0476. The zero-order valence-corrected chi connectivity index (χ0v) is 15.5. The predicted molar refractivity (Wildman–Crippen MR) is 111 cm³/mol. The second-order valence-corrected chi connectivity index (χ2v) is 7.28. The molecule has 1 amide bonds. The van der Waals surface area contributed by atoms with E-state index in [9.17, 15) is 4.79 Å². The quantitative estimate of drug-likeness (QED) is 0.277. The number of rotatable bonds is 3. The van der Waals surface area contributed by atoms with E-state index in [0.29, 0.717) is 11.3 Å². The Morgan fingerprint density at radius 3 is 2.48 bits per heavy atom. The molecule has 1 heterocycles. The van der Waals surface area contributed by atoms with Crippen LogP contribution in [0, 0.1) is 0 Å². The molecule has 4 N–H and O–H groups in total. The molecule has 27 heavy (non-hydrogen) atoms. The van der Waals surface area contributed by atoms with Crippen LogP contribution in [0.4, 0.5) is 17.1 Å². The van der Waals surface area contributed by atoms with Crippen molar-refractivity contribution in [1.82, 2.24) is 5.43 Å². The highest BCUT2D eigenvalue weighted by Crippen LogP contribution is 2.44. The summed E-state index contributed by atoms with van der Waals surface area (Å²) >= 11 is 1.74. The van der Waals surface area contributed by atoms with Crippen molar-refractivity contribution in [3.05, 3.63) is 77.9 Å². The molecular weight excluding hydrogens is 356 g/mol. The van der Waals surface area contributed by atoms with Crippen LogP contribution in [-0.2, 0) is 0 Å². The number of carbonyl (C=O) groups is 1. The van der Waals surface area contributed by atoms with Crippen molar-refractivity contribution in [1.29, 1.82) is 0 Å². The van der Waals surface area contributed by atoms with E-state index in [-0.39, 0.29) is 5.91 Å². The van der Waals surface area contributed by atoms with Gasteiger partial charge >= 0.3 is 0 Å². The van der Waals surface area contributed by atoms with Crippen LogP contribution in [0.3, 0.4) is 0 Å². The van der Waals surface area contributed by atoms with Crippen LogP contribution < -0.4 is 16.5 Å². The molecule has 5 nitrogen and oxygen atoms in total. The van der Waals surface area contributed by atoms with Crippen LogP contribution in [-0.4, -0.2) is 11.6 Å². The third-order valence-electron chi connectivity index (χ3n) is 4.27. The Balaban J connectivity index is 1.51. The molecule has 0 bridgehead atoms. The van der Waals surface area contributed by atoms with E-state index in [1.807, 2.05) is 31.2 Å². The third kappa shape index (κ3) is 3.66. The van der Waals surface area contributed by atoms with E-state index in [1.54, 1.807) is 36.0 Å². The largest absolute Gasteiger partial charge is 0.399 e. The van der Waals surface area contributed by atoms with Gasteiger partial charge in [0.15, 0.2) is 0 Å². The number of hydrazone groups is 1. The van der Waals surface area contributed by atoms with Crippen molar-refractivity contribution in [2.75, 3.05) is 11.1 Å². The average molecular weight is 374 g/mol. The fourth-order valence-electron chi connectivity index (χ4n) is 2.76. The smallest absolute Gasteiger partial charge is 0.271 e. The molecule has 1 aliphatic heterocycles. The number of carbonyl (C=O) groups excluding carboxylic acids is 1. The lowest BCUT2D eigenvalue weighted by atomic mass is 10.1. The van der Waals surface area contributed by atoms with Crippen molar-refractivity contribution in [2.24, 2.45) is 5.10 Å². The van der Waals surface area contributed by atoms with E-state index in [0.717, 1.165) is 27.5 Å². The summed E-state index contributed by atoms with van der Waals surface area (Å²) in [6, 6.07) is 21.1. The fourth-order valence-corrected chi connectivity index (χ4v) is 3.73. The first-order valence-electron chi connectivity index (χ1n) is 8.49. The van der Waals surface area contributed by atoms with Crippen LogP contribution in [0.2, 0.25) is 0 Å². The molecule has 0 atom stereocenters. The van der Waals surface area contributed by atoms with Gasteiger partial charge in [0.1, 0.15) is 0 Å². The van der Waals surface area contributed by atoms with Gasteiger partial charge in [-0.05, 0) is 61.0 Å². The number of fused-ring (bicyclic) bond motifs is 2. The Labute approximate surface area is 161 Å². The number of nitrogens with one attached hydrogen (secondary N) is 2. The van der Waals surface area contributed by atoms with Gasteiger partial charge in [-0.15, -0.1) is 0 Å². The van der Waals surface area contributed by atoms with Gasteiger partial charge in [0, 0.05) is 21.0 Å². The van der Waals surface area contributed by atoms with Crippen molar-refractivity contribution in [2.45, 2.75) is 16.7 Å². The van der Waals surface area contributed by atoms with E-state index in [1.165, 1.54) is 4.90 Å². The van der Waals surface area contributed by atoms with E-state index in [2.05, 4.69) is 34.0 Å². The van der Waals surface area contributed by atoms with E-state index in [4.69, 9.17) is 5.73 Å². The van der Waals surface area contributed by atoms with Crippen LogP contribution >= 0.6 is 11.8 Å². The number of amides is 1. The highest BCUT2D eigenvalue weighted by atomic mass is 32.2. The summed E-state index contributed by atoms with van der Waals surface area (Å²) in [5.74, 6) is -0.269. The van der Waals surface area contributed by atoms with Gasteiger partial charge in [-0.2, -0.15) is 5.10 Å². The first-order chi connectivity index (χ1) is 13.1. The molecule has 0 saturated heterocycles. The number of nitrogens with two attached hydrogens (primary N) is 1. The Hall–Kier alpha value is -3.25. The number of benzene rings is 3. The van der Waals surface area contributed by atoms with Crippen molar-refractivity contribution in [3.63, 3.8) is 0 Å². The Morgan fingerprint density at radius 1 is 0.963 bits per heavy atom. The van der Waals surface area contributed by atoms with Gasteiger partial charge in [0.05, 0.1) is 17.1 Å². The van der Waals surface area contributed by atoms with Crippen molar-refractivity contribution in [3.8, 4) is 0 Å². The van der Waals surface area contributed by atoms with Gasteiger partial charge in [-0.3, -0.25) is 4.79 Å². The molecule has 0 fully saturated rings. The van der Waals surface area contributed by atoms with Gasteiger partial charge in [-0.1, -0.05) is 30.0 Å². The van der Waals surface area contributed by atoms with Gasteiger partial charge in [0.2, 0.25) is 0 Å². The summed E-state index contributed by atoms with van der Waals surface area (Å²) < 4.78 is 0.